The van der Waals surface area contributed by atoms with Crippen LogP contribution in [-0.2, 0) is 10.0 Å². The van der Waals surface area contributed by atoms with Gasteiger partial charge in [0.15, 0.2) is 0 Å². The lowest BCUT2D eigenvalue weighted by Crippen LogP contribution is -2.13. The number of hydrogen-bond donors (Lipinski definition) is 1. The van der Waals surface area contributed by atoms with E-state index in [2.05, 4.69) is 4.72 Å². The fourth-order valence-corrected chi connectivity index (χ4v) is 3.38. The average molecular weight is 308 g/mol. The number of benzene rings is 3. The Hall–Kier alpha value is -2.84. The maximum absolute atomic E-state index is 12.5. The first-order valence-corrected chi connectivity index (χ1v) is 8.09. The zero-order valence-electron chi connectivity index (χ0n) is 11.5. The molecule has 4 nitrogen and oxygen atoms in total. The van der Waals surface area contributed by atoms with E-state index in [1.54, 1.807) is 24.3 Å². The highest BCUT2D eigenvalue weighted by Crippen LogP contribution is 2.25. The normalized spacial score (nSPS) is 11.0. The van der Waals surface area contributed by atoms with Crippen LogP contribution in [0.3, 0.4) is 0 Å². The molecule has 108 valence electrons. The van der Waals surface area contributed by atoms with E-state index in [0.29, 0.717) is 11.3 Å². The summed E-state index contributed by atoms with van der Waals surface area (Å²) in [5.41, 5.74) is 0.821. The molecular formula is C17H12N2O2S. The summed E-state index contributed by atoms with van der Waals surface area (Å²) in [6, 6.07) is 20.9. The van der Waals surface area contributed by atoms with Crippen molar-refractivity contribution in [3.05, 3.63) is 72.3 Å². The summed E-state index contributed by atoms with van der Waals surface area (Å²) in [5.74, 6) is 0. The molecule has 3 aromatic rings. The molecule has 0 unspecified atom stereocenters. The molecule has 0 saturated carbocycles. The Morgan fingerprint density at radius 2 is 1.64 bits per heavy atom. The van der Waals surface area contributed by atoms with Gasteiger partial charge >= 0.3 is 0 Å². The Morgan fingerprint density at radius 1 is 0.909 bits per heavy atom. The Bertz CT molecular complexity index is 983. The Kier molecular flexibility index (Phi) is 3.53. The van der Waals surface area contributed by atoms with Crippen molar-refractivity contribution in [3.8, 4) is 6.07 Å². The molecule has 3 rings (SSSR count). The van der Waals surface area contributed by atoms with Crippen molar-refractivity contribution in [2.75, 3.05) is 4.72 Å². The number of nitrogens with zero attached hydrogens (tertiary/aromatic N) is 1. The second-order valence-electron chi connectivity index (χ2n) is 4.77. The van der Waals surface area contributed by atoms with E-state index in [4.69, 9.17) is 5.26 Å². The largest absolute Gasteiger partial charge is 0.279 e. The number of anilines is 1. The van der Waals surface area contributed by atoms with Crippen LogP contribution in [0.4, 0.5) is 5.69 Å². The van der Waals surface area contributed by atoms with E-state index in [0.717, 1.165) is 10.8 Å². The maximum Gasteiger partial charge on any atom is 0.261 e. The third kappa shape index (κ3) is 2.65. The van der Waals surface area contributed by atoms with E-state index in [-0.39, 0.29) is 4.90 Å². The van der Waals surface area contributed by atoms with Gasteiger partial charge in [0.05, 0.1) is 22.2 Å². The average Bonchev–Trinajstić information content (AvgIpc) is 2.55. The molecule has 0 aliphatic heterocycles. The minimum absolute atomic E-state index is 0.0690. The molecule has 1 N–H and O–H groups in total. The minimum Gasteiger partial charge on any atom is -0.279 e. The first kappa shape index (κ1) is 14.1. The lowest BCUT2D eigenvalue weighted by atomic mass is 10.1. The number of rotatable bonds is 3. The molecule has 0 aromatic heterocycles. The van der Waals surface area contributed by atoms with Crippen LogP contribution in [0, 0.1) is 11.3 Å². The molecule has 5 heteroatoms. The molecule has 22 heavy (non-hydrogen) atoms. The van der Waals surface area contributed by atoms with Crippen molar-refractivity contribution in [1.29, 1.82) is 5.26 Å². The number of sulfonamides is 1. The summed E-state index contributed by atoms with van der Waals surface area (Å²) < 4.78 is 27.6. The standard InChI is InChI=1S/C17H12N2O2S/c18-12-13-5-3-8-15(11-13)22(20,21)19-17-10-4-7-14-6-1-2-9-16(14)17/h1-11,19H. The molecule has 0 saturated heterocycles. The van der Waals surface area contributed by atoms with Gasteiger partial charge in [-0.3, -0.25) is 4.72 Å². The number of fused-ring (bicyclic) bond motifs is 1. The van der Waals surface area contributed by atoms with Crippen molar-refractivity contribution >= 4 is 26.5 Å². The van der Waals surface area contributed by atoms with Gasteiger partial charge in [-0.15, -0.1) is 0 Å². The lowest BCUT2D eigenvalue weighted by Gasteiger charge is -2.11. The van der Waals surface area contributed by atoms with E-state index >= 15 is 0 Å². The van der Waals surface area contributed by atoms with Crippen LogP contribution in [0.15, 0.2) is 71.6 Å². The SMILES string of the molecule is N#Cc1cccc(S(=O)(=O)Nc2cccc3ccccc23)c1. The van der Waals surface area contributed by atoms with Crippen molar-refractivity contribution in [3.63, 3.8) is 0 Å². The summed E-state index contributed by atoms with van der Waals surface area (Å²) in [6.45, 7) is 0. The van der Waals surface area contributed by atoms with Gasteiger partial charge in [-0.1, -0.05) is 42.5 Å². The first-order valence-electron chi connectivity index (χ1n) is 6.61. The highest BCUT2D eigenvalue weighted by atomic mass is 32.2. The van der Waals surface area contributed by atoms with Crippen molar-refractivity contribution in [2.24, 2.45) is 0 Å². The summed E-state index contributed by atoms with van der Waals surface area (Å²) in [6.07, 6.45) is 0. The van der Waals surface area contributed by atoms with Crippen molar-refractivity contribution in [2.45, 2.75) is 4.90 Å². The molecule has 0 atom stereocenters. The van der Waals surface area contributed by atoms with Gasteiger partial charge in [-0.05, 0) is 29.7 Å². The van der Waals surface area contributed by atoms with Crippen LogP contribution in [0.5, 0.6) is 0 Å². The van der Waals surface area contributed by atoms with Crippen molar-refractivity contribution < 1.29 is 8.42 Å². The molecule has 0 spiro atoms. The van der Waals surface area contributed by atoms with Crippen LogP contribution in [-0.4, -0.2) is 8.42 Å². The van der Waals surface area contributed by atoms with Gasteiger partial charge in [-0.2, -0.15) is 5.26 Å². The van der Waals surface area contributed by atoms with Crippen LogP contribution in [0.2, 0.25) is 0 Å². The van der Waals surface area contributed by atoms with Gasteiger partial charge in [0.25, 0.3) is 10.0 Å². The molecule has 0 heterocycles. The quantitative estimate of drug-likeness (QED) is 0.805. The van der Waals surface area contributed by atoms with E-state index < -0.39 is 10.0 Å². The van der Waals surface area contributed by atoms with Gasteiger partial charge in [0.1, 0.15) is 0 Å². The monoisotopic (exact) mass is 308 g/mol. The van der Waals surface area contributed by atoms with E-state index in [1.807, 2.05) is 36.4 Å². The fourth-order valence-electron chi connectivity index (χ4n) is 2.25. The van der Waals surface area contributed by atoms with Crippen LogP contribution < -0.4 is 4.72 Å². The van der Waals surface area contributed by atoms with Gasteiger partial charge < -0.3 is 0 Å². The predicted molar refractivity (Wildman–Crippen MR) is 85.9 cm³/mol. The number of nitriles is 1. The van der Waals surface area contributed by atoms with Crippen molar-refractivity contribution in [1.82, 2.24) is 0 Å². The zero-order valence-corrected chi connectivity index (χ0v) is 12.3. The van der Waals surface area contributed by atoms with Gasteiger partial charge in [-0.25, -0.2) is 8.42 Å². The molecular weight excluding hydrogens is 296 g/mol. The molecule has 0 fully saturated rings. The molecule has 0 aliphatic rings. The summed E-state index contributed by atoms with van der Waals surface area (Å²) in [5, 5.41) is 10.7. The third-order valence-corrected chi connectivity index (χ3v) is 4.67. The highest BCUT2D eigenvalue weighted by Gasteiger charge is 2.15. The Morgan fingerprint density at radius 3 is 2.45 bits per heavy atom. The lowest BCUT2D eigenvalue weighted by molar-refractivity contribution is 0.601. The molecule has 0 bridgehead atoms. The Balaban J connectivity index is 2.05. The highest BCUT2D eigenvalue weighted by molar-refractivity contribution is 7.92. The fraction of sp³-hybridized carbons (Fsp3) is 0. The van der Waals surface area contributed by atoms with Gasteiger partial charge in [0.2, 0.25) is 0 Å². The minimum atomic E-state index is -3.74. The summed E-state index contributed by atoms with van der Waals surface area (Å²) in [7, 11) is -3.74. The zero-order chi connectivity index (χ0) is 15.6. The number of hydrogen-bond acceptors (Lipinski definition) is 3. The van der Waals surface area contributed by atoms with Crippen LogP contribution in [0.25, 0.3) is 10.8 Å². The summed E-state index contributed by atoms with van der Waals surface area (Å²) >= 11 is 0. The van der Waals surface area contributed by atoms with Gasteiger partial charge in [0, 0.05) is 5.39 Å². The van der Waals surface area contributed by atoms with Crippen LogP contribution in [0.1, 0.15) is 5.56 Å². The maximum atomic E-state index is 12.5. The molecule has 0 amide bonds. The predicted octanol–water partition coefficient (Wildman–Crippen LogP) is 3.51. The molecule has 0 aliphatic carbocycles. The first-order chi connectivity index (χ1) is 10.6. The van der Waals surface area contributed by atoms with E-state index in [9.17, 15) is 8.42 Å². The third-order valence-electron chi connectivity index (χ3n) is 3.31. The molecule has 3 aromatic carbocycles. The second kappa shape index (κ2) is 5.51. The summed E-state index contributed by atoms with van der Waals surface area (Å²) in [4.78, 5) is 0.0690. The second-order valence-corrected chi connectivity index (χ2v) is 6.45. The number of nitrogens with one attached hydrogen (secondary N) is 1. The Labute approximate surface area is 128 Å². The smallest absolute Gasteiger partial charge is 0.261 e. The van der Waals surface area contributed by atoms with E-state index in [1.165, 1.54) is 12.1 Å². The molecule has 0 radical (unpaired) electrons. The topological polar surface area (TPSA) is 70.0 Å². The van der Waals surface area contributed by atoms with Crippen LogP contribution >= 0.6 is 0 Å².